The maximum atomic E-state index is 6.62. The lowest BCUT2D eigenvalue weighted by Crippen LogP contribution is -2.37. The van der Waals surface area contributed by atoms with Crippen LogP contribution >= 0.6 is 23.4 Å². The van der Waals surface area contributed by atoms with Gasteiger partial charge in [-0.1, -0.05) is 42.1 Å². The van der Waals surface area contributed by atoms with Crippen LogP contribution < -0.4 is 4.90 Å². The average Bonchev–Trinajstić information content (AvgIpc) is 3.11. The van der Waals surface area contributed by atoms with Crippen LogP contribution in [-0.2, 0) is 11.3 Å². The monoisotopic (exact) mass is 389 g/mol. The molecule has 6 nitrogen and oxygen atoms in total. The molecule has 1 aliphatic rings. The Morgan fingerprint density at radius 1 is 1.19 bits per heavy atom. The number of anilines is 1. The van der Waals surface area contributed by atoms with E-state index in [1.807, 2.05) is 47.5 Å². The van der Waals surface area contributed by atoms with Crippen molar-refractivity contribution in [1.29, 1.82) is 0 Å². The van der Waals surface area contributed by atoms with Gasteiger partial charge in [0, 0.05) is 13.1 Å². The number of hydrogen-bond donors (Lipinski definition) is 0. The van der Waals surface area contributed by atoms with Crippen LogP contribution in [0.3, 0.4) is 0 Å². The van der Waals surface area contributed by atoms with Crippen LogP contribution in [0.4, 0.5) is 5.82 Å². The van der Waals surface area contributed by atoms with Crippen molar-refractivity contribution in [2.75, 3.05) is 37.5 Å². The minimum atomic E-state index is -0.168. The van der Waals surface area contributed by atoms with Crippen LogP contribution in [0.25, 0.3) is 11.0 Å². The highest BCUT2D eigenvalue weighted by molar-refractivity contribution is 7.98. The highest BCUT2D eigenvalue weighted by atomic mass is 35.5. The van der Waals surface area contributed by atoms with Crippen molar-refractivity contribution < 1.29 is 4.74 Å². The molecule has 0 saturated carbocycles. The minimum absolute atomic E-state index is 0.168. The van der Waals surface area contributed by atoms with Gasteiger partial charge in [0.1, 0.15) is 5.82 Å². The predicted octanol–water partition coefficient (Wildman–Crippen LogP) is 3.36. The molecule has 0 amide bonds. The molecule has 1 fully saturated rings. The number of rotatable bonds is 5. The number of hydrogen-bond acceptors (Lipinski definition) is 6. The molecule has 0 bridgehead atoms. The lowest BCUT2D eigenvalue weighted by Gasteiger charge is -2.28. The third-order valence-corrected chi connectivity index (χ3v) is 5.38. The molecule has 8 heteroatoms. The number of benzene rings is 1. The third-order valence-electron chi connectivity index (χ3n) is 4.44. The zero-order valence-corrected chi connectivity index (χ0v) is 16.1. The van der Waals surface area contributed by atoms with Crippen LogP contribution in [0.2, 0.25) is 0 Å². The molecule has 4 rings (SSSR count). The molecule has 0 N–H and O–H groups in total. The van der Waals surface area contributed by atoms with E-state index in [-0.39, 0.29) is 5.38 Å². The first-order chi connectivity index (χ1) is 12.8. The molecule has 0 aliphatic carbocycles. The normalized spacial score (nSPS) is 16.2. The Bertz CT molecular complexity index is 882. The molecule has 1 saturated heterocycles. The highest BCUT2D eigenvalue weighted by Crippen LogP contribution is 2.29. The van der Waals surface area contributed by atoms with Crippen LogP contribution in [0.15, 0.2) is 41.7 Å². The van der Waals surface area contributed by atoms with Gasteiger partial charge in [-0.3, -0.25) is 0 Å². The molecule has 3 heterocycles. The molecule has 26 heavy (non-hydrogen) atoms. The lowest BCUT2D eigenvalue weighted by molar-refractivity contribution is 0.122. The van der Waals surface area contributed by atoms with Gasteiger partial charge >= 0.3 is 0 Å². The summed E-state index contributed by atoms with van der Waals surface area (Å²) in [6, 6.07) is 10.0. The van der Waals surface area contributed by atoms with Crippen LogP contribution in [0.1, 0.15) is 10.9 Å². The first kappa shape index (κ1) is 17.6. The number of ether oxygens (including phenoxy) is 1. The molecule has 1 aromatic carbocycles. The number of fused-ring (bicyclic) bond motifs is 1. The lowest BCUT2D eigenvalue weighted by atomic mass is 10.1. The van der Waals surface area contributed by atoms with Crippen LogP contribution in [0, 0.1) is 0 Å². The van der Waals surface area contributed by atoms with E-state index in [1.54, 1.807) is 0 Å². The highest BCUT2D eigenvalue weighted by Gasteiger charge is 2.21. The smallest absolute Gasteiger partial charge is 0.191 e. The van der Waals surface area contributed by atoms with E-state index in [9.17, 15) is 0 Å². The SMILES string of the molecule is CSc1nc(N2CCOCC2)c2cnn(C[C@H](Cl)c3ccccc3)c2n1. The number of aromatic nitrogens is 4. The second-order valence-corrected chi connectivity index (χ2v) is 7.38. The number of alkyl halides is 1. The largest absolute Gasteiger partial charge is 0.378 e. The van der Waals surface area contributed by atoms with Gasteiger partial charge in [0.15, 0.2) is 10.8 Å². The summed E-state index contributed by atoms with van der Waals surface area (Å²) in [4.78, 5) is 11.7. The fourth-order valence-electron chi connectivity index (χ4n) is 3.08. The van der Waals surface area contributed by atoms with E-state index in [1.165, 1.54) is 11.8 Å². The number of halogens is 1. The first-order valence-electron chi connectivity index (χ1n) is 8.55. The summed E-state index contributed by atoms with van der Waals surface area (Å²) in [7, 11) is 0. The summed E-state index contributed by atoms with van der Waals surface area (Å²) >= 11 is 8.16. The van der Waals surface area contributed by atoms with E-state index in [0.29, 0.717) is 19.8 Å². The van der Waals surface area contributed by atoms with E-state index >= 15 is 0 Å². The zero-order valence-electron chi connectivity index (χ0n) is 14.5. The fraction of sp³-hybridized carbons (Fsp3) is 0.389. The van der Waals surface area contributed by atoms with E-state index in [2.05, 4.69) is 10.00 Å². The second-order valence-electron chi connectivity index (χ2n) is 6.08. The van der Waals surface area contributed by atoms with Gasteiger partial charge in [0.05, 0.1) is 36.7 Å². The molecule has 1 aliphatic heterocycles. The van der Waals surface area contributed by atoms with Crippen molar-refractivity contribution >= 4 is 40.2 Å². The topological polar surface area (TPSA) is 56.1 Å². The number of morpholine rings is 1. The van der Waals surface area contributed by atoms with Crippen molar-refractivity contribution in [2.24, 2.45) is 0 Å². The number of thioether (sulfide) groups is 1. The Balaban J connectivity index is 1.70. The Kier molecular flexibility index (Phi) is 5.28. The molecule has 2 aromatic heterocycles. The molecule has 0 unspecified atom stereocenters. The van der Waals surface area contributed by atoms with Gasteiger partial charge in [-0.05, 0) is 11.8 Å². The average molecular weight is 390 g/mol. The molecular formula is C18H20ClN5OS. The molecule has 0 radical (unpaired) electrons. The second kappa shape index (κ2) is 7.82. The zero-order chi connectivity index (χ0) is 17.9. The summed E-state index contributed by atoms with van der Waals surface area (Å²) in [6.45, 7) is 3.64. The first-order valence-corrected chi connectivity index (χ1v) is 10.2. The fourth-order valence-corrected chi connectivity index (χ4v) is 3.71. The molecule has 3 aromatic rings. The summed E-state index contributed by atoms with van der Waals surface area (Å²) in [5.41, 5.74) is 1.90. The summed E-state index contributed by atoms with van der Waals surface area (Å²) in [5, 5.41) is 6.09. The summed E-state index contributed by atoms with van der Waals surface area (Å²) < 4.78 is 7.35. The molecule has 0 spiro atoms. The third kappa shape index (κ3) is 3.51. The van der Waals surface area contributed by atoms with E-state index in [0.717, 1.165) is 40.7 Å². The predicted molar refractivity (Wildman–Crippen MR) is 105 cm³/mol. The van der Waals surface area contributed by atoms with Crippen molar-refractivity contribution in [3.05, 3.63) is 42.1 Å². The van der Waals surface area contributed by atoms with Crippen LogP contribution in [0.5, 0.6) is 0 Å². The maximum absolute atomic E-state index is 6.62. The van der Waals surface area contributed by atoms with Crippen molar-refractivity contribution in [3.63, 3.8) is 0 Å². The van der Waals surface area contributed by atoms with Gasteiger partial charge in [-0.2, -0.15) is 5.10 Å². The molecule has 136 valence electrons. The van der Waals surface area contributed by atoms with Crippen molar-refractivity contribution in [2.45, 2.75) is 17.1 Å². The number of nitrogens with zero attached hydrogens (tertiary/aromatic N) is 5. The van der Waals surface area contributed by atoms with Crippen molar-refractivity contribution in [3.8, 4) is 0 Å². The minimum Gasteiger partial charge on any atom is -0.378 e. The molecule has 1 atom stereocenters. The Morgan fingerprint density at radius 2 is 1.96 bits per heavy atom. The Labute approximate surface area is 161 Å². The standard InChI is InChI=1S/C18H20ClN5OS/c1-26-18-21-16(23-7-9-25-10-8-23)14-11-20-24(17(14)22-18)12-15(19)13-5-3-2-4-6-13/h2-6,11,15H,7-10,12H2,1H3/t15-/m0/s1. The summed E-state index contributed by atoms with van der Waals surface area (Å²) in [6.07, 6.45) is 3.83. The van der Waals surface area contributed by atoms with E-state index in [4.69, 9.17) is 26.3 Å². The Morgan fingerprint density at radius 3 is 2.69 bits per heavy atom. The van der Waals surface area contributed by atoms with Crippen LogP contribution in [-0.4, -0.2) is 52.3 Å². The van der Waals surface area contributed by atoms with E-state index < -0.39 is 0 Å². The maximum Gasteiger partial charge on any atom is 0.191 e. The quantitative estimate of drug-likeness (QED) is 0.379. The van der Waals surface area contributed by atoms with Gasteiger partial charge in [-0.25, -0.2) is 14.6 Å². The Hall–Kier alpha value is -1.83. The van der Waals surface area contributed by atoms with Gasteiger partial charge < -0.3 is 9.64 Å². The van der Waals surface area contributed by atoms with Gasteiger partial charge in [0.25, 0.3) is 0 Å². The van der Waals surface area contributed by atoms with Gasteiger partial charge in [-0.15, -0.1) is 11.6 Å². The van der Waals surface area contributed by atoms with Crippen molar-refractivity contribution in [1.82, 2.24) is 19.7 Å². The van der Waals surface area contributed by atoms with Gasteiger partial charge in [0.2, 0.25) is 0 Å². The summed E-state index contributed by atoms with van der Waals surface area (Å²) in [5.74, 6) is 0.930. The molecular weight excluding hydrogens is 370 g/mol.